The Morgan fingerprint density at radius 2 is 1.92 bits per heavy atom. The number of nitrogens with one attached hydrogen (secondary N) is 2. The Morgan fingerprint density at radius 1 is 1.24 bits per heavy atom. The molecule has 138 valence electrons. The van der Waals surface area contributed by atoms with Crippen LogP contribution in [0.1, 0.15) is 44.6 Å². The number of hydrogen-bond donors (Lipinski definition) is 2. The molecular formula is C16H20F3N3O2S. The molecule has 0 bridgehead atoms. The van der Waals surface area contributed by atoms with E-state index in [0.717, 1.165) is 56.1 Å². The van der Waals surface area contributed by atoms with Gasteiger partial charge in [0.2, 0.25) is 5.91 Å². The van der Waals surface area contributed by atoms with Crippen molar-refractivity contribution in [2.45, 2.75) is 61.5 Å². The lowest BCUT2D eigenvalue weighted by Gasteiger charge is -2.23. The van der Waals surface area contributed by atoms with Crippen molar-refractivity contribution in [3.8, 4) is 0 Å². The molecule has 2 rings (SSSR count). The maximum absolute atomic E-state index is 12.5. The highest BCUT2D eigenvalue weighted by Gasteiger charge is 2.30. The number of pyridine rings is 1. The number of nitrogens with zero attached hydrogens (tertiary/aromatic N) is 1. The van der Waals surface area contributed by atoms with Crippen LogP contribution in [0.25, 0.3) is 0 Å². The fourth-order valence-corrected chi connectivity index (χ4v) is 3.32. The molecule has 9 heteroatoms. The standard InChI is InChI=1S/C16H20F3N3O2S/c1-10(25-13-8-7-11(9-20-13)16(17,18)19)14(23)22-15(24)21-12-5-3-2-4-6-12/h7-10,12H,2-6H2,1H3,(H2,21,22,23,24). The molecule has 1 saturated carbocycles. The molecule has 0 saturated heterocycles. The van der Waals surface area contributed by atoms with Gasteiger partial charge in [0.05, 0.1) is 15.8 Å². The third-order valence-corrected chi connectivity index (χ3v) is 4.96. The Bertz CT molecular complexity index is 602. The van der Waals surface area contributed by atoms with Gasteiger partial charge in [-0.3, -0.25) is 10.1 Å². The number of aromatic nitrogens is 1. The van der Waals surface area contributed by atoms with Crippen LogP contribution in [0.4, 0.5) is 18.0 Å². The first-order chi connectivity index (χ1) is 11.8. The van der Waals surface area contributed by atoms with Gasteiger partial charge in [0.1, 0.15) is 0 Å². The topological polar surface area (TPSA) is 71.1 Å². The Morgan fingerprint density at radius 3 is 2.48 bits per heavy atom. The minimum absolute atomic E-state index is 0.0843. The van der Waals surface area contributed by atoms with Crippen molar-refractivity contribution in [2.24, 2.45) is 0 Å². The van der Waals surface area contributed by atoms with Gasteiger partial charge in [-0.2, -0.15) is 13.2 Å². The van der Waals surface area contributed by atoms with Crippen LogP contribution >= 0.6 is 11.8 Å². The molecule has 1 aliphatic rings. The van der Waals surface area contributed by atoms with Gasteiger partial charge in [-0.05, 0) is 31.9 Å². The molecule has 0 aromatic carbocycles. The maximum Gasteiger partial charge on any atom is 0.417 e. The van der Waals surface area contributed by atoms with E-state index in [1.165, 1.54) is 6.07 Å². The zero-order valence-corrected chi connectivity index (χ0v) is 14.5. The smallest absolute Gasteiger partial charge is 0.335 e. The molecule has 1 fully saturated rings. The van der Waals surface area contributed by atoms with Gasteiger partial charge in [-0.15, -0.1) is 0 Å². The van der Waals surface area contributed by atoms with Gasteiger partial charge < -0.3 is 5.32 Å². The van der Waals surface area contributed by atoms with E-state index in [9.17, 15) is 22.8 Å². The molecule has 1 unspecified atom stereocenters. The SMILES string of the molecule is CC(Sc1ccc(C(F)(F)F)cn1)C(=O)NC(=O)NC1CCCCC1. The van der Waals surface area contributed by atoms with Crippen LogP contribution in [0.15, 0.2) is 23.4 Å². The number of thioether (sulfide) groups is 1. The number of halogens is 3. The Balaban J connectivity index is 1.82. The van der Waals surface area contributed by atoms with Crippen molar-refractivity contribution in [1.29, 1.82) is 0 Å². The van der Waals surface area contributed by atoms with Crippen LogP contribution in [-0.2, 0) is 11.0 Å². The van der Waals surface area contributed by atoms with Gasteiger partial charge in [0, 0.05) is 12.2 Å². The van der Waals surface area contributed by atoms with Crippen molar-refractivity contribution in [2.75, 3.05) is 0 Å². The van der Waals surface area contributed by atoms with E-state index in [0.29, 0.717) is 0 Å². The number of urea groups is 1. The molecule has 3 amide bonds. The Hall–Kier alpha value is -1.77. The first-order valence-corrected chi connectivity index (χ1v) is 8.95. The summed E-state index contributed by atoms with van der Waals surface area (Å²) in [5, 5.41) is 4.65. The van der Waals surface area contributed by atoms with E-state index in [1.807, 2.05) is 0 Å². The van der Waals surface area contributed by atoms with Crippen molar-refractivity contribution in [1.82, 2.24) is 15.6 Å². The molecule has 25 heavy (non-hydrogen) atoms. The maximum atomic E-state index is 12.5. The Kier molecular flexibility index (Phi) is 6.69. The summed E-state index contributed by atoms with van der Waals surface area (Å²) in [4.78, 5) is 27.6. The minimum atomic E-state index is -4.45. The van der Waals surface area contributed by atoms with Crippen molar-refractivity contribution < 1.29 is 22.8 Å². The summed E-state index contributed by atoms with van der Waals surface area (Å²) in [6, 6.07) is 1.67. The van der Waals surface area contributed by atoms with E-state index in [4.69, 9.17) is 0 Å². The lowest BCUT2D eigenvalue weighted by atomic mass is 9.96. The first kappa shape index (κ1) is 19.6. The van der Waals surface area contributed by atoms with Crippen LogP contribution in [0.2, 0.25) is 0 Å². The highest BCUT2D eigenvalue weighted by molar-refractivity contribution is 8.00. The van der Waals surface area contributed by atoms with Crippen LogP contribution in [-0.4, -0.2) is 28.2 Å². The number of hydrogen-bond acceptors (Lipinski definition) is 4. The third kappa shape index (κ3) is 6.22. The molecule has 0 radical (unpaired) electrons. The summed E-state index contributed by atoms with van der Waals surface area (Å²) < 4.78 is 37.5. The molecule has 2 N–H and O–H groups in total. The lowest BCUT2D eigenvalue weighted by molar-refractivity contribution is -0.137. The van der Waals surface area contributed by atoms with E-state index >= 15 is 0 Å². The van der Waals surface area contributed by atoms with Gasteiger partial charge in [-0.1, -0.05) is 31.0 Å². The molecule has 1 aliphatic carbocycles. The number of carbonyl (C=O) groups excluding carboxylic acids is 2. The number of alkyl halides is 3. The van der Waals surface area contributed by atoms with Crippen molar-refractivity contribution >= 4 is 23.7 Å². The van der Waals surface area contributed by atoms with Crippen molar-refractivity contribution in [3.05, 3.63) is 23.9 Å². The van der Waals surface area contributed by atoms with Crippen molar-refractivity contribution in [3.63, 3.8) is 0 Å². The molecule has 0 aliphatic heterocycles. The van der Waals surface area contributed by atoms with E-state index in [2.05, 4.69) is 15.6 Å². The third-order valence-electron chi connectivity index (χ3n) is 3.91. The average Bonchev–Trinajstić information content (AvgIpc) is 2.55. The van der Waals surface area contributed by atoms with Gasteiger partial charge in [-0.25, -0.2) is 9.78 Å². The summed E-state index contributed by atoms with van der Waals surface area (Å²) in [5.74, 6) is -0.514. The zero-order chi connectivity index (χ0) is 18.4. The van der Waals surface area contributed by atoms with E-state index in [1.54, 1.807) is 6.92 Å². The normalized spacial score (nSPS) is 17.0. The van der Waals surface area contributed by atoms with E-state index in [-0.39, 0.29) is 11.1 Å². The summed E-state index contributed by atoms with van der Waals surface area (Å²) in [7, 11) is 0. The molecular weight excluding hydrogens is 355 g/mol. The number of imide groups is 1. The summed E-state index contributed by atoms with van der Waals surface area (Å²) in [6.45, 7) is 1.56. The molecule has 1 atom stereocenters. The fourth-order valence-electron chi connectivity index (χ4n) is 2.53. The van der Waals surface area contributed by atoms with Crippen LogP contribution in [0.3, 0.4) is 0 Å². The van der Waals surface area contributed by atoms with Crippen LogP contribution in [0.5, 0.6) is 0 Å². The number of amides is 3. The van der Waals surface area contributed by atoms with Gasteiger partial charge in [0.25, 0.3) is 0 Å². The predicted octanol–water partition coefficient (Wildman–Crippen LogP) is 3.74. The zero-order valence-electron chi connectivity index (χ0n) is 13.7. The fraction of sp³-hybridized carbons (Fsp3) is 0.562. The van der Waals surface area contributed by atoms with Gasteiger partial charge in [0.15, 0.2) is 0 Å². The highest BCUT2D eigenvalue weighted by atomic mass is 32.2. The minimum Gasteiger partial charge on any atom is -0.335 e. The quantitative estimate of drug-likeness (QED) is 0.787. The summed E-state index contributed by atoms with van der Waals surface area (Å²) in [6.07, 6.45) is 1.37. The molecule has 0 spiro atoms. The molecule has 1 aromatic rings. The average molecular weight is 375 g/mol. The lowest BCUT2D eigenvalue weighted by Crippen LogP contribution is -2.47. The summed E-state index contributed by atoms with van der Waals surface area (Å²) in [5.41, 5.74) is -0.846. The molecule has 5 nitrogen and oxygen atoms in total. The molecule has 1 aromatic heterocycles. The monoisotopic (exact) mass is 375 g/mol. The summed E-state index contributed by atoms with van der Waals surface area (Å²) >= 11 is 0.989. The molecule has 1 heterocycles. The largest absolute Gasteiger partial charge is 0.417 e. The predicted molar refractivity (Wildman–Crippen MR) is 88.1 cm³/mol. The number of rotatable bonds is 4. The highest BCUT2D eigenvalue weighted by Crippen LogP contribution is 2.30. The van der Waals surface area contributed by atoms with Crippen LogP contribution in [0, 0.1) is 0 Å². The Labute approximate surface area is 148 Å². The second-order valence-electron chi connectivity index (χ2n) is 5.94. The van der Waals surface area contributed by atoms with E-state index < -0.39 is 28.9 Å². The second kappa shape index (κ2) is 8.55. The first-order valence-electron chi connectivity index (χ1n) is 8.07. The van der Waals surface area contributed by atoms with Gasteiger partial charge >= 0.3 is 12.2 Å². The number of carbonyl (C=O) groups is 2. The second-order valence-corrected chi connectivity index (χ2v) is 7.30. The van der Waals surface area contributed by atoms with Crippen LogP contribution < -0.4 is 10.6 Å².